The molecule has 4 bridgehead atoms. The van der Waals surface area contributed by atoms with Crippen LogP contribution in [0.3, 0.4) is 0 Å². The number of rotatable bonds is 10. The summed E-state index contributed by atoms with van der Waals surface area (Å²) < 4.78 is 76.0. The van der Waals surface area contributed by atoms with Gasteiger partial charge in [-0.1, -0.05) is 37.8 Å². The highest BCUT2D eigenvalue weighted by atomic mass is 19.1. The topological polar surface area (TPSA) is 175 Å². The third-order valence-corrected chi connectivity index (χ3v) is 18.5. The molecule has 78 heavy (non-hydrogen) atoms. The second-order valence-electron chi connectivity index (χ2n) is 23.3. The van der Waals surface area contributed by atoms with Crippen molar-refractivity contribution in [1.29, 1.82) is 0 Å². The molecule has 2 aromatic heterocycles. The number of nitrogens with one attached hydrogen (secondary N) is 4. The smallest absolute Gasteiger partial charge is 0.407 e. The number of nitrogens with zero attached hydrogens (tertiary/aromatic N) is 4. The van der Waals surface area contributed by atoms with Crippen molar-refractivity contribution in [1.82, 2.24) is 40.4 Å². The number of hydrogen-bond acceptors (Lipinski definition) is 8. The van der Waals surface area contributed by atoms with Gasteiger partial charge in [-0.3, -0.25) is 9.59 Å². The molecular weight excluding hydrogens is 1000 g/mol. The number of fused-ring (bicyclic) bond motifs is 4. The van der Waals surface area contributed by atoms with Gasteiger partial charge in [0.2, 0.25) is 11.8 Å². The summed E-state index contributed by atoms with van der Waals surface area (Å²) in [6, 6.07) is 10.4. The molecule has 18 heteroatoms. The predicted molar refractivity (Wildman–Crippen MR) is 282 cm³/mol. The van der Waals surface area contributed by atoms with E-state index in [1.165, 1.54) is 38.5 Å². The van der Waals surface area contributed by atoms with E-state index in [9.17, 15) is 19.2 Å². The van der Waals surface area contributed by atoms with Crippen LogP contribution in [0.15, 0.2) is 48.5 Å². The summed E-state index contributed by atoms with van der Waals surface area (Å²) in [6.45, 7) is 0. The summed E-state index contributed by atoms with van der Waals surface area (Å²) in [5.41, 5.74) is 4.71. The quantitative estimate of drug-likeness (QED) is 0.0981. The number of carbonyl (C=O) groups is 4. The predicted octanol–water partition coefficient (Wildman–Crippen LogP) is 11.1. The number of methoxy groups -OCH3 is 2. The van der Waals surface area contributed by atoms with Gasteiger partial charge in [0.25, 0.3) is 0 Å². The molecule has 14 nitrogen and oxygen atoms in total. The van der Waals surface area contributed by atoms with Crippen LogP contribution in [0.1, 0.15) is 136 Å². The zero-order chi connectivity index (χ0) is 53.7. The van der Waals surface area contributed by atoms with E-state index in [0.29, 0.717) is 80.0 Å². The maximum Gasteiger partial charge on any atom is 0.407 e. The molecule has 6 fully saturated rings. The van der Waals surface area contributed by atoms with E-state index in [4.69, 9.17) is 19.4 Å². The lowest BCUT2D eigenvalue weighted by atomic mass is 9.84. The Bertz CT molecular complexity index is 3190. The number of alkyl carbamates (subject to hydrolysis) is 2. The molecule has 0 unspecified atom stereocenters. The molecule has 2 aliphatic heterocycles. The average Bonchev–Trinajstić information content (AvgIpc) is 4.35. The number of aromatic nitrogens is 4. The molecule has 6 aromatic rings. The number of likely N-dealkylation sites (tertiary alicyclic amines) is 2. The Morgan fingerprint density at radius 2 is 0.949 bits per heavy atom. The molecule has 4 aromatic carbocycles. The summed E-state index contributed by atoms with van der Waals surface area (Å²) in [7, 11) is 2.56. The molecule has 408 valence electrons. The van der Waals surface area contributed by atoms with Crippen LogP contribution >= 0.6 is 0 Å². The van der Waals surface area contributed by atoms with Gasteiger partial charge in [-0.2, -0.15) is 0 Å². The Kier molecular flexibility index (Phi) is 13.0. The van der Waals surface area contributed by atoms with Gasteiger partial charge in [-0.05, 0) is 194 Å². The van der Waals surface area contributed by atoms with Crippen LogP contribution in [-0.4, -0.2) is 92.1 Å². The minimum Gasteiger partial charge on any atom is -0.453 e. The number of H-pyrrole nitrogens is 2. The maximum atomic E-state index is 16.6. The first-order valence-corrected chi connectivity index (χ1v) is 28.2. The van der Waals surface area contributed by atoms with Crippen LogP contribution < -0.4 is 10.6 Å². The molecular formula is C60H64F4N8O6. The summed E-state index contributed by atoms with van der Waals surface area (Å²) in [4.78, 5) is 74.1. The van der Waals surface area contributed by atoms with Crippen molar-refractivity contribution in [2.75, 3.05) is 14.2 Å². The van der Waals surface area contributed by atoms with Gasteiger partial charge in [0.1, 0.15) is 58.0 Å². The van der Waals surface area contributed by atoms with Crippen molar-refractivity contribution in [2.45, 2.75) is 152 Å². The lowest BCUT2D eigenvalue weighted by Crippen LogP contribution is -2.52. The standard InChI is InChI=1S/C60H64F4N8O6/c1-77-59(75)69-51(31-13-14-31)57(73)71-47-9-5-3-7-33(47)27-49(71)55-65-45-25-35(23-43(63)53(45)67-55)39-19-29-12-18-38-40(20-30(22-42(38)62)11-17-37(39)41(61)21-29)36-24-44(64)54-46(26-36)66-56(68-54)50-28-34-8-4-6-10-48(34)72(50)58(74)52(32-15-16-32)70-60(76)78-2/h19-26,31-34,47-52H,3-18,27-28H2,1-2H3,(H,65,67)(H,66,68)(H,69,75)(H,70,76)/t33-,34-,47-,48-,49-,50-,51-,52-/m0/s1. The lowest BCUT2D eigenvalue weighted by molar-refractivity contribution is -0.138. The fourth-order valence-electron chi connectivity index (χ4n) is 14.4. The third-order valence-electron chi connectivity index (χ3n) is 18.5. The van der Waals surface area contributed by atoms with E-state index in [2.05, 4.69) is 20.6 Å². The Morgan fingerprint density at radius 3 is 1.35 bits per heavy atom. The monoisotopic (exact) mass is 1070 g/mol. The van der Waals surface area contributed by atoms with E-state index < -0.39 is 59.6 Å². The fraction of sp³-hybridized carbons (Fsp3) is 0.500. The zero-order valence-corrected chi connectivity index (χ0v) is 43.9. The molecule has 4 saturated carbocycles. The van der Waals surface area contributed by atoms with E-state index in [0.717, 1.165) is 77.0 Å². The van der Waals surface area contributed by atoms with Crippen LogP contribution in [0.5, 0.6) is 0 Å². The molecule has 16 rings (SSSR count). The van der Waals surface area contributed by atoms with Gasteiger partial charge in [0.15, 0.2) is 0 Å². The second kappa shape index (κ2) is 20.0. The van der Waals surface area contributed by atoms with Gasteiger partial charge in [-0.15, -0.1) is 0 Å². The number of hydrogen-bond donors (Lipinski definition) is 4. The van der Waals surface area contributed by atoms with Gasteiger partial charge in [0.05, 0.1) is 37.3 Å². The van der Waals surface area contributed by atoms with E-state index in [1.807, 2.05) is 21.9 Å². The molecule has 4 N–H and O–H groups in total. The third kappa shape index (κ3) is 9.13. The number of imidazole rings is 2. The van der Waals surface area contributed by atoms with Crippen LogP contribution in [0.2, 0.25) is 0 Å². The van der Waals surface area contributed by atoms with E-state index in [-0.39, 0.29) is 84.3 Å². The first-order chi connectivity index (χ1) is 37.8. The van der Waals surface area contributed by atoms with Gasteiger partial charge >= 0.3 is 12.2 Å². The van der Waals surface area contributed by atoms with Crippen LogP contribution in [0, 0.1) is 46.9 Å². The molecule has 8 aliphatic carbocycles. The number of carbonyl (C=O) groups excluding carboxylic acids is 4. The number of halogens is 4. The number of benzene rings is 4. The molecule has 10 aliphatic rings. The largest absolute Gasteiger partial charge is 0.453 e. The van der Waals surface area contributed by atoms with Crippen molar-refractivity contribution in [3.8, 4) is 22.3 Å². The molecule has 8 atom stereocenters. The number of aryl methyl sites for hydroxylation is 2. The SMILES string of the molecule is COC(=O)N[C@H](C(=O)N1[C@H](c2nc3cc(-c4cc5cc(F)c4CCc4cc(F)c(c(-c6cc(F)c7[nH]c([C@@H]8C[C@@H]9CCCC[C@@H]9N8C(=O)[C@@H](NC(=O)OC)C8CC8)nc7c6)c4)CC5)cc(F)c3[nH]2)C[C@@H]2CCCC[C@@H]21)C1CC1. The van der Waals surface area contributed by atoms with E-state index >= 15 is 17.6 Å². The normalized spacial score (nSPS) is 24.6. The highest BCUT2D eigenvalue weighted by Gasteiger charge is 2.52. The summed E-state index contributed by atoms with van der Waals surface area (Å²) in [6.07, 6.45) is 11.6. The first-order valence-electron chi connectivity index (χ1n) is 28.2. The highest BCUT2D eigenvalue weighted by Crippen LogP contribution is 2.50. The van der Waals surface area contributed by atoms with Crippen LogP contribution in [0.4, 0.5) is 27.2 Å². The molecule has 4 heterocycles. The fourth-order valence-corrected chi connectivity index (χ4v) is 14.4. The van der Waals surface area contributed by atoms with Crippen molar-refractivity contribution in [3.63, 3.8) is 0 Å². The Labute approximate surface area is 448 Å². The van der Waals surface area contributed by atoms with Crippen molar-refractivity contribution in [2.24, 2.45) is 23.7 Å². The van der Waals surface area contributed by atoms with Crippen LogP contribution in [0.25, 0.3) is 44.3 Å². The molecule has 2 saturated heterocycles. The summed E-state index contributed by atoms with van der Waals surface area (Å²) in [5, 5.41) is 5.60. The van der Waals surface area contributed by atoms with Crippen molar-refractivity contribution < 1.29 is 46.2 Å². The lowest BCUT2D eigenvalue weighted by Gasteiger charge is -2.36. The molecule has 0 spiro atoms. The Balaban J connectivity index is 0.797. The number of aromatic amines is 2. The maximum absolute atomic E-state index is 16.6. The average molecular weight is 1070 g/mol. The Morgan fingerprint density at radius 1 is 0.538 bits per heavy atom. The van der Waals surface area contributed by atoms with E-state index in [1.54, 1.807) is 12.1 Å². The molecule has 4 amide bonds. The van der Waals surface area contributed by atoms with Crippen molar-refractivity contribution >= 4 is 46.1 Å². The molecule has 0 radical (unpaired) electrons. The van der Waals surface area contributed by atoms with Gasteiger partial charge in [-0.25, -0.2) is 37.1 Å². The second-order valence-corrected chi connectivity index (χ2v) is 23.3. The number of ether oxygens (including phenoxy) is 2. The minimum absolute atomic E-state index is 0.0113. The minimum atomic E-state index is -0.734. The van der Waals surface area contributed by atoms with Crippen LogP contribution in [-0.2, 0) is 44.7 Å². The summed E-state index contributed by atoms with van der Waals surface area (Å²) in [5.74, 6) is -1.01. The van der Waals surface area contributed by atoms with Gasteiger partial charge in [0, 0.05) is 12.1 Å². The highest BCUT2D eigenvalue weighted by molar-refractivity contribution is 5.90. The zero-order valence-electron chi connectivity index (χ0n) is 43.9. The first kappa shape index (κ1) is 50.5. The van der Waals surface area contributed by atoms with Gasteiger partial charge < -0.3 is 39.9 Å². The number of amides is 4. The van der Waals surface area contributed by atoms with Crippen molar-refractivity contribution in [3.05, 3.63) is 106 Å². The Hall–Kier alpha value is -6.98. The summed E-state index contributed by atoms with van der Waals surface area (Å²) >= 11 is 0.